The summed E-state index contributed by atoms with van der Waals surface area (Å²) in [5, 5.41) is 18.4. The molecule has 1 aromatic heterocycles. The Morgan fingerprint density at radius 1 is 1.42 bits per heavy atom. The number of thiophene rings is 1. The predicted molar refractivity (Wildman–Crippen MR) is 74.5 cm³/mol. The van der Waals surface area contributed by atoms with Gasteiger partial charge >= 0.3 is 12.0 Å². The van der Waals surface area contributed by atoms with Crippen molar-refractivity contribution in [2.45, 2.75) is 38.1 Å². The van der Waals surface area contributed by atoms with Gasteiger partial charge in [-0.25, -0.2) is 9.59 Å². The van der Waals surface area contributed by atoms with Gasteiger partial charge in [0.25, 0.3) is 0 Å². The first-order valence-corrected chi connectivity index (χ1v) is 7.31. The normalized spacial score (nSPS) is 26.7. The number of carboxylic acids is 1. The van der Waals surface area contributed by atoms with Gasteiger partial charge in [0.2, 0.25) is 0 Å². The quantitative estimate of drug-likeness (QED) is 0.797. The lowest BCUT2D eigenvalue weighted by atomic mass is 9.77. The van der Waals surface area contributed by atoms with Crippen molar-refractivity contribution in [2.75, 3.05) is 5.32 Å². The van der Waals surface area contributed by atoms with Gasteiger partial charge < -0.3 is 15.7 Å². The van der Waals surface area contributed by atoms with Crippen molar-refractivity contribution in [2.24, 2.45) is 5.92 Å². The number of hydrogen-bond donors (Lipinski definition) is 3. The first-order valence-electron chi connectivity index (χ1n) is 6.36. The summed E-state index contributed by atoms with van der Waals surface area (Å²) in [6.45, 7) is 2.11. The summed E-state index contributed by atoms with van der Waals surface area (Å²) in [7, 11) is 0. The predicted octanol–water partition coefficient (Wildman–Crippen LogP) is 2.90. The van der Waals surface area contributed by atoms with E-state index in [9.17, 15) is 14.7 Å². The maximum absolute atomic E-state index is 11.9. The Hall–Kier alpha value is -1.56. The molecule has 5 nitrogen and oxygen atoms in total. The minimum absolute atomic E-state index is 0.449. The van der Waals surface area contributed by atoms with E-state index in [2.05, 4.69) is 17.6 Å². The SMILES string of the molecule is CC1CCC(NC(=O)Nc2ccsc2)(C(=O)O)CC1. The number of carbonyl (C=O) groups excluding carboxylic acids is 1. The number of rotatable bonds is 3. The van der Waals surface area contributed by atoms with E-state index in [0.29, 0.717) is 24.4 Å². The van der Waals surface area contributed by atoms with Gasteiger partial charge in [-0.2, -0.15) is 11.3 Å². The largest absolute Gasteiger partial charge is 0.480 e. The smallest absolute Gasteiger partial charge is 0.329 e. The van der Waals surface area contributed by atoms with E-state index in [1.807, 2.05) is 5.38 Å². The highest BCUT2D eigenvalue weighted by molar-refractivity contribution is 7.08. The summed E-state index contributed by atoms with van der Waals surface area (Å²) in [6.07, 6.45) is 2.62. The third-order valence-electron chi connectivity index (χ3n) is 3.67. The average molecular weight is 282 g/mol. The number of amides is 2. The van der Waals surface area contributed by atoms with Crippen LogP contribution in [0.3, 0.4) is 0 Å². The lowest BCUT2D eigenvalue weighted by Gasteiger charge is -2.36. The van der Waals surface area contributed by atoms with Crippen LogP contribution in [0.15, 0.2) is 16.8 Å². The summed E-state index contributed by atoms with van der Waals surface area (Å²) in [6, 6.07) is 1.33. The Labute approximate surface area is 116 Å². The van der Waals surface area contributed by atoms with Crippen LogP contribution in [0.5, 0.6) is 0 Å². The maximum Gasteiger partial charge on any atom is 0.329 e. The number of urea groups is 1. The molecule has 1 aromatic rings. The molecule has 0 spiro atoms. The molecule has 1 aliphatic rings. The molecule has 3 N–H and O–H groups in total. The number of nitrogens with one attached hydrogen (secondary N) is 2. The van der Waals surface area contributed by atoms with Gasteiger partial charge in [-0.1, -0.05) is 6.92 Å². The molecule has 6 heteroatoms. The van der Waals surface area contributed by atoms with Crippen LogP contribution >= 0.6 is 11.3 Å². The Morgan fingerprint density at radius 2 is 2.11 bits per heavy atom. The molecule has 1 fully saturated rings. The highest BCUT2D eigenvalue weighted by atomic mass is 32.1. The third kappa shape index (κ3) is 3.26. The van der Waals surface area contributed by atoms with Crippen LogP contribution in [0.25, 0.3) is 0 Å². The minimum Gasteiger partial charge on any atom is -0.480 e. The molecule has 1 aliphatic carbocycles. The zero-order chi connectivity index (χ0) is 13.9. The summed E-state index contributed by atoms with van der Waals surface area (Å²) < 4.78 is 0. The van der Waals surface area contributed by atoms with Crippen LogP contribution < -0.4 is 10.6 Å². The molecule has 0 saturated heterocycles. The lowest BCUT2D eigenvalue weighted by Crippen LogP contribution is -2.57. The summed E-state index contributed by atoms with van der Waals surface area (Å²) >= 11 is 1.47. The van der Waals surface area contributed by atoms with Gasteiger partial charge in [0.05, 0.1) is 5.69 Å². The number of carbonyl (C=O) groups is 2. The van der Waals surface area contributed by atoms with E-state index in [1.165, 1.54) is 11.3 Å². The summed E-state index contributed by atoms with van der Waals surface area (Å²) in [4.78, 5) is 23.4. The van der Waals surface area contributed by atoms with Crippen molar-refractivity contribution >= 4 is 29.0 Å². The fourth-order valence-corrected chi connectivity index (χ4v) is 2.95. The highest BCUT2D eigenvalue weighted by Crippen LogP contribution is 2.32. The molecule has 0 atom stereocenters. The molecular weight excluding hydrogens is 264 g/mol. The topological polar surface area (TPSA) is 78.4 Å². The molecule has 1 heterocycles. The maximum atomic E-state index is 11.9. The first-order chi connectivity index (χ1) is 9.02. The molecule has 0 aromatic carbocycles. The summed E-state index contributed by atoms with van der Waals surface area (Å²) in [5.74, 6) is -0.422. The first kappa shape index (κ1) is 13.9. The molecule has 0 unspecified atom stereocenters. The lowest BCUT2D eigenvalue weighted by molar-refractivity contribution is -0.146. The van der Waals surface area contributed by atoms with Crippen molar-refractivity contribution < 1.29 is 14.7 Å². The number of carboxylic acid groups (broad SMARTS) is 1. The van der Waals surface area contributed by atoms with Crippen molar-refractivity contribution in [3.8, 4) is 0 Å². The summed E-state index contributed by atoms with van der Waals surface area (Å²) in [5.41, 5.74) is -0.431. The van der Waals surface area contributed by atoms with Gasteiger partial charge in [-0.15, -0.1) is 0 Å². The van der Waals surface area contributed by atoms with Gasteiger partial charge in [0.15, 0.2) is 0 Å². The molecule has 104 valence electrons. The third-order valence-corrected chi connectivity index (χ3v) is 4.35. The average Bonchev–Trinajstić information content (AvgIpc) is 2.84. The van der Waals surface area contributed by atoms with Gasteiger partial charge in [-0.3, -0.25) is 0 Å². The highest BCUT2D eigenvalue weighted by Gasteiger charge is 2.42. The van der Waals surface area contributed by atoms with E-state index in [1.54, 1.807) is 11.4 Å². The number of anilines is 1. The van der Waals surface area contributed by atoms with Gasteiger partial charge in [0.1, 0.15) is 5.54 Å². The minimum atomic E-state index is -1.12. The number of hydrogen-bond acceptors (Lipinski definition) is 3. The molecule has 1 saturated carbocycles. The van der Waals surface area contributed by atoms with E-state index in [-0.39, 0.29) is 0 Å². The fraction of sp³-hybridized carbons (Fsp3) is 0.538. The Bertz CT molecular complexity index is 450. The Morgan fingerprint density at radius 3 is 2.63 bits per heavy atom. The van der Waals surface area contributed by atoms with E-state index in [0.717, 1.165) is 12.8 Å². The molecule has 2 rings (SSSR count). The Balaban J connectivity index is 2.01. The zero-order valence-electron chi connectivity index (χ0n) is 10.8. The van der Waals surface area contributed by atoms with Crippen LogP contribution in [0.4, 0.5) is 10.5 Å². The van der Waals surface area contributed by atoms with Crippen LogP contribution in [0.2, 0.25) is 0 Å². The second kappa shape index (κ2) is 5.61. The van der Waals surface area contributed by atoms with Crippen molar-refractivity contribution in [3.05, 3.63) is 16.8 Å². The molecule has 19 heavy (non-hydrogen) atoms. The molecule has 0 aliphatic heterocycles. The monoisotopic (exact) mass is 282 g/mol. The second-order valence-corrected chi connectivity index (χ2v) is 5.94. The van der Waals surface area contributed by atoms with Gasteiger partial charge in [0, 0.05) is 5.38 Å². The Kier molecular flexibility index (Phi) is 4.09. The van der Waals surface area contributed by atoms with Crippen molar-refractivity contribution in [1.29, 1.82) is 0 Å². The van der Waals surface area contributed by atoms with Gasteiger partial charge in [-0.05, 0) is 43.0 Å². The van der Waals surface area contributed by atoms with E-state index in [4.69, 9.17) is 0 Å². The molecule has 0 radical (unpaired) electrons. The van der Waals surface area contributed by atoms with Crippen molar-refractivity contribution in [3.63, 3.8) is 0 Å². The molecule has 0 bridgehead atoms. The number of aliphatic carboxylic acids is 1. The zero-order valence-corrected chi connectivity index (χ0v) is 11.6. The van der Waals surface area contributed by atoms with Crippen LogP contribution in [0, 0.1) is 5.92 Å². The van der Waals surface area contributed by atoms with E-state index >= 15 is 0 Å². The van der Waals surface area contributed by atoms with Crippen LogP contribution in [0.1, 0.15) is 32.6 Å². The fourth-order valence-electron chi connectivity index (χ4n) is 2.36. The van der Waals surface area contributed by atoms with Crippen LogP contribution in [-0.2, 0) is 4.79 Å². The van der Waals surface area contributed by atoms with Crippen molar-refractivity contribution in [1.82, 2.24) is 5.32 Å². The van der Waals surface area contributed by atoms with E-state index < -0.39 is 17.5 Å². The molecule has 2 amide bonds. The second-order valence-electron chi connectivity index (χ2n) is 5.16. The standard InChI is InChI=1S/C13H18N2O3S/c1-9-2-5-13(6-3-9,11(16)17)15-12(18)14-10-4-7-19-8-10/h4,7-9H,2-3,5-6H2,1H3,(H,16,17)(H2,14,15,18). The van der Waals surface area contributed by atoms with Crippen LogP contribution in [-0.4, -0.2) is 22.6 Å². The molecular formula is C13H18N2O3S.